The van der Waals surface area contributed by atoms with E-state index < -0.39 is 0 Å². The fourth-order valence-corrected chi connectivity index (χ4v) is 2.71. The van der Waals surface area contributed by atoms with Crippen LogP contribution in [0.3, 0.4) is 0 Å². The van der Waals surface area contributed by atoms with Crippen LogP contribution in [-0.4, -0.2) is 11.1 Å². The van der Waals surface area contributed by atoms with E-state index in [2.05, 4.69) is 12.2 Å². The predicted molar refractivity (Wildman–Crippen MR) is 68.2 cm³/mol. The summed E-state index contributed by atoms with van der Waals surface area (Å²) in [5.74, 6) is 0.915. The van der Waals surface area contributed by atoms with E-state index in [0.717, 1.165) is 11.6 Å². The molecule has 1 saturated carbocycles. The fraction of sp³-hybridized carbons (Fsp3) is 0.538. The lowest BCUT2D eigenvalue weighted by Gasteiger charge is -2.21. The van der Waals surface area contributed by atoms with Crippen molar-refractivity contribution in [3.63, 3.8) is 0 Å². The highest BCUT2D eigenvalue weighted by molar-refractivity contribution is 6.32. The van der Waals surface area contributed by atoms with E-state index in [4.69, 9.17) is 11.6 Å². The van der Waals surface area contributed by atoms with E-state index >= 15 is 0 Å². The van der Waals surface area contributed by atoms with Gasteiger partial charge in [-0.2, -0.15) is 0 Å². The van der Waals surface area contributed by atoms with Crippen LogP contribution in [0.5, 0.6) is 5.75 Å². The smallest absolute Gasteiger partial charge is 0.134 e. The first-order chi connectivity index (χ1) is 7.70. The molecule has 0 bridgehead atoms. The summed E-state index contributed by atoms with van der Waals surface area (Å²) < 4.78 is 0. The van der Waals surface area contributed by atoms with Crippen molar-refractivity contribution in [1.82, 2.24) is 0 Å². The number of rotatable bonds is 3. The summed E-state index contributed by atoms with van der Waals surface area (Å²) in [6, 6.07) is 5.87. The van der Waals surface area contributed by atoms with Crippen LogP contribution in [0, 0.1) is 5.92 Å². The van der Waals surface area contributed by atoms with Gasteiger partial charge in [-0.3, -0.25) is 0 Å². The van der Waals surface area contributed by atoms with E-state index in [9.17, 15) is 5.11 Å². The minimum atomic E-state index is 0.144. The summed E-state index contributed by atoms with van der Waals surface area (Å²) in [5, 5.41) is 13.3. The van der Waals surface area contributed by atoms with Crippen LogP contribution in [0.2, 0.25) is 5.02 Å². The standard InChI is InChI=1S/C13H18ClNO/c1-2-9-4-3-5-12(9)15-10-6-7-13(16)11(14)8-10/h6-9,12,15-16H,2-5H2,1H3. The molecule has 1 aromatic rings. The largest absolute Gasteiger partial charge is 0.506 e. The molecule has 2 N–H and O–H groups in total. The highest BCUT2D eigenvalue weighted by Gasteiger charge is 2.25. The lowest BCUT2D eigenvalue weighted by molar-refractivity contribution is 0.475. The van der Waals surface area contributed by atoms with Gasteiger partial charge in [-0.15, -0.1) is 0 Å². The summed E-state index contributed by atoms with van der Waals surface area (Å²) >= 11 is 5.88. The molecule has 0 amide bonds. The number of phenols is 1. The Labute approximate surface area is 102 Å². The van der Waals surface area contributed by atoms with E-state index in [0.29, 0.717) is 11.1 Å². The highest BCUT2D eigenvalue weighted by Crippen LogP contribution is 2.32. The zero-order valence-electron chi connectivity index (χ0n) is 9.54. The molecular formula is C13H18ClNO. The molecule has 1 aromatic carbocycles. The van der Waals surface area contributed by atoms with Crippen LogP contribution in [0.15, 0.2) is 18.2 Å². The number of nitrogens with one attached hydrogen (secondary N) is 1. The summed E-state index contributed by atoms with van der Waals surface area (Å²) in [6.07, 6.45) is 5.09. The zero-order chi connectivity index (χ0) is 11.5. The Bertz CT molecular complexity index is 367. The lowest BCUT2D eigenvalue weighted by Crippen LogP contribution is -2.23. The molecule has 0 spiro atoms. The molecule has 0 saturated heterocycles. The monoisotopic (exact) mass is 239 g/mol. The van der Waals surface area contributed by atoms with Gasteiger partial charge in [0.1, 0.15) is 5.75 Å². The number of anilines is 1. The molecule has 0 aromatic heterocycles. The van der Waals surface area contributed by atoms with Crippen LogP contribution in [-0.2, 0) is 0 Å². The number of aromatic hydroxyl groups is 1. The second-order valence-electron chi connectivity index (χ2n) is 4.52. The maximum absolute atomic E-state index is 9.34. The Kier molecular flexibility index (Phi) is 3.59. The normalized spacial score (nSPS) is 24.6. The molecule has 0 heterocycles. The highest BCUT2D eigenvalue weighted by atomic mass is 35.5. The number of benzene rings is 1. The van der Waals surface area contributed by atoms with Crippen molar-refractivity contribution in [3.8, 4) is 5.75 Å². The first kappa shape index (κ1) is 11.6. The van der Waals surface area contributed by atoms with Gasteiger partial charge >= 0.3 is 0 Å². The first-order valence-corrected chi connectivity index (χ1v) is 6.33. The number of halogens is 1. The molecular weight excluding hydrogens is 222 g/mol. The second-order valence-corrected chi connectivity index (χ2v) is 4.92. The summed E-state index contributed by atoms with van der Waals surface area (Å²) in [5.41, 5.74) is 1.01. The number of hydrogen-bond donors (Lipinski definition) is 2. The van der Waals surface area contributed by atoms with E-state index in [1.807, 2.05) is 6.07 Å². The molecule has 3 heteroatoms. The minimum Gasteiger partial charge on any atom is -0.506 e. The van der Waals surface area contributed by atoms with Crippen LogP contribution in [0.4, 0.5) is 5.69 Å². The van der Waals surface area contributed by atoms with Gasteiger partial charge in [0.2, 0.25) is 0 Å². The van der Waals surface area contributed by atoms with Crippen molar-refractivity contribution in [2.24, 2.45) is 5.92 Å². The Morgan fingerprint density at radius 3 is 2.94 bits per heavy atom. The van der Waals surface area contributed by atoms with Crippen molar-refractivity contribution in [2.75, 3.05) is 5.32 Å². The van der Waals surface area contributed by atoms with Crippen LogP contribution >= 0.6 is 11.6 Å². The van der Waals surface area contributed by atoms with Crippen molar-refractivity contribution in [3.05, 3.63) is 23.2 Å². The molecule has 2 atom stereocenters. The van der Waals surface area contributed by atoms with Gasteiger partial charge in [0, 0.05) is 11.7 Å². The third-order valence-electron chi connectivity index (χ3n) is 3.48. The van der Waals surface area contributed by atoms with Gasteiger partial charge < -0.3 is 10.4 Å². The van der Waals surface area contributed by atoms with Crippen molar-refractivity contribution in [2.45, 2.75) is 38.6 Å². The van der Waals surface area contributed by atoms with Gasteiger partial charge in [0.15, 0.2) is 0 Å². The Hall–Kier alpha value is -0.890. The summed E-state index contributed by atoms with van der Waals surface area (Å²) in [4.78, 5) is 0. The third kappa shape index (κ3) is 2.43. The average Bonchev–Trinajstić information content (AvgIpc) is 2.71. The van der Waals surface area contributed by atoms with Gasteiger partial charge in [0.25, 0.3) is 0 Å². The molecule has 1 aliphatic rings. The Morgan fingerprint density at radius 2 is 2.25 bits per heavy atom. The minimum absolute atomic E-state index is 0.144. The average molecular weight is 240 g/mol. The SMILES string of the molecule is CCC1CCCC1Nc1ccc(O)c(Cl)c1. The Balaban J connectivity index is 2.05. The summed E-state index contributed by atoms with van der Waals surface area (Å²) in [6.45, 7) is 2.24. The first-order valence-electron chi connectivity index (χ1n) is 5.95. The molecule has 2 unspecified atom stereocenters. The maximum atomic E-state index is 9.34. The lowest BCUT2D eigenvalue weighted by atomic mass is 10.0. The molecule has 0 aliphatic heterocycles. The molecule has 2 rings (SSSR count). The van der Waals surface area contributed by atoms with Gasteiger partial charge in [-0.1, -0.05) is 31.4 Å². The third-order valence-corrected chi connectivity index (χ3v) is 3.79. The van der Waals surface area contributed by atoms with Crippen LogP contribution < -0.4 is 5.32 Å². The van der Waals surface area contributed by atoms with E-state index in [-0.39, 0.29) is 5.75 Å². The van der Waals surface area contributed by atoms with Gasteiger partial charge in [0.05, 0.1) is 5.02 Å². The van der Waals surface area contributed by atoms with Gasteiger partial charge in [-0.05, 0) is 37.0 Å². The quantitative estimate of drug-likeness (QED) is 0.781. The van der Waals surface area contributed by atoms with E-state index in [1.54, 1.807) is 12.1 Å². The predicted octanol–water partition coefficient (Wildman–Crippen LogP) is 4.04. The summed E-state index contributed by atoms with van der Waals surface area (Å²) in [7, 11) is 0. The molecule has 1 aliphatic carbocycles. The van der Waals surface area contributed by atoms with Crippen LogP contribution in [0.25, 0.3) is 0 Å². The molecule has 88 valence electrons. The van der Waals surface area contributed by atoms with E-state index in [1.165, 1.54) is 25.7 Å². The molecule has 0 radical (unpaired) electrons. The number of hydrogen-bond acceptors (Lipinski definition) is 2. The Morgan fingerprint density at radius 1 is 1.44 bits per heavy atom. The zero-order valence-corrected chi connectivity index (χ0v) is 10.3. The molecule has 16 heavy (non-hydrogen) atoms. The van der Waals surface area contributed by atoms with Crippen LogP contribution in [0.1, 0.15) is 32.6 Å². The second kappa shape index (κ2) is 4.96. The maximum Gasteiger partial charge on any atom is 0.134 e. The van der Waals surface area contributed by atoms with Crippen molar-refractivity contribution in [1.29, 1.82) is 0 Å². The number of phenolic OH excluding ortho intramolecular Hbond substituents is 1. The van der Waals surface area contributed by atoms with Gasteiger partial charge in [-0.25, -0.2) is 0 Å². The molecule has 1 fully saturated rings. The fourth-order valence-electron chi connectivity index (χ4n) is 2.53. The van der Waals surface area contributed by atoms with Crippen molar-refractivity contribution >= 4 is 17.3 Å². The van der Waals surface area contributed by atoms with Crippen molar-refractivity contribution < 1.29 is 5.11 Å². The molecule has 2 nitrogen and oxygen atoms in total. The topological polar surface area (TPSA) is 32.3 Å².